The minimum atomic E-state index is -3.70. The van der Waals surface area contributed by atoms with Crippen LogP contribution in [-0.4, -0.2) is 70.0 Å². The summed E-state index contributed by atoms with van der Waals surface area (Å²) in [5, 5.41) is 0. The summed E-state index contributed by atoms with van der Waals surface area (Å²) in [5.74, 6) is 0.217. The second-order valence-corrected chi connectivity index (χ2v) is 8.18. The molecule has 0 aliphatic carbocycles. The number of morpholine rings is 1. The Hall–Kier alpha value is -1.64. The fourth-order valence-corrected chi connectivity index (χ4v) is 4.16. The SMILES string of the molecule is COc1ccc(CC(=O)N(C)C(C)C)cc1S(=O)(=O)N1CCOCC1. The molecule has 8 heteroatoms. The van der Waals surface area contributed by atoms with Gasteiger partial charge in [-0.2, -0.15) is 4.31 Å². The molecule has 0 spiro atoms. The van der Waals surface area contributed by atoms with Crippen LogP contribution in [0.25, 0.3) is 0 Å². The monoisotopic (exact) mass is 370 g/mol. The molecule has 1 saturated heterocycles. The van der Waals surface area contributed by atoms with Gasteiger partial charge in [-0.05, 0) is 31.5 Å². The van der Waals surface area contributed by atoms with Crippen molar-refractivity contribution in [2.45, 2.75) is 31.2 Å². The fourth-order valence-electron chi connectivity index (χ4n) is 2.55. The summed E-state index contributed by atoms with van der Waals surface area (Å²) < 4.78 is 37.7. The molecule has 1 aliphatic heterocycles. The maximum absolute atomic E-state index is 12.9. The number of carbonyl (C=O) groups excluding carboxylic acids is 1. The van der Waals surface area contributed by atoms with Crippen molar-refractivity contribution >= 4 is 15.9 Å². The molecule has 0 radical (unpaired) electrons. The molecule has 1 fully saturated rings. The predicted molar refractivity (Wildman–Crippen MR) is 94.2 cm³/mol. The Balaban J connectivity index is 2.32. The van der Waals surface area contributed by atoms with Crippen LogP contribution in [0.15, 0.2) is 23.1 Å². The van der Waals surface area contributed by atoms with Gasteiger partial charge in [0.25, 0.3) is 0 Å². The van der Waals surface area contributed by atoms with E-state index in [0.29, 0.717) is 31.9 Å². The van der Waals surface area contributed by atoms with Gasteiger partial charge in [-0.15, -0.1) is 0 Å². The van der Waals surface area contributed by atoms with Crippen molar-refractivity contribution in [3.63, 3.8) is 0 Å². The fraction of sp³-hybridized carbons (Fsp3) is 0.588. The normalized spacial score (nSPS) is 16.0. The van der Waals surface area contributed by atoms with Gasteiger partial charge in [0.15, 0.2) is 0 Å². The van der Waals surface area contributed by atoms with Crippen LogP contribution < -0.4 is 4.74 Å². The van der Waals surface area contributed by atoms with Gasteiger partial charge in [0, 0.05) is 26.2 Å². The number of rotatable bonds is 6. The van der Waals surface area contributed by atoms with Crippen molar-refractivity contribution < 1.29 is 22.7 Å². The number of sulfonamides is 1. The van der Waals surface area contributed by atoms with Crippen LogP contribution in [0.4, 0.5) is 0 Å². The largest absolute Gasteiger partial charge is 0.495 e. The topological polar surface area (TPSA) is 76.2 Å². The number of hydrogen-bond donors (Lipinski definition) is 0. The van der Waals surface area contributed by atoms with Gasteiger partial charge >= 0.3 is 0 Å². The molecule has 0 saturated carbocycles. The molecule has 0 N–H and O–H groups in total. The summed E-state index contributed by atoms with van der Waals surface area (Å²) in [6.07, 6.45) is 0.143. The Morgan fingerprint density at radius 3 is 2.52 bits per heavy atom. The van der Waals surface area contributed by atoms with E-state index in [0.717, 1.165) is 0 Å². The van der Waals surface area contributed by atoms with Crippen LogP contribution in [0.1, 0.15) is 19.4 Å². The molecule has 1 aromatic carbocycles. The Bertz CT molecular complexity index is 712. The van der Waals surface area contributed by atoms with Gasteiger partial charge in [-0.1, -0.05) is 6.07 Å². The lowest BCUT2D eigenvalue weighted by Crippen LogP contribution is -2.40. The Kier molecular flexibility index (Phi) is 6.42. The van der Waals surface area contributed by atoms with Gasteiger partial charge in [-0.3, -0.25) is 4.79 Å². The summed E-state index contributed by atoms with van der Waals surface area (Å²) in [7, 11) is -0.523. The molecule has 0 atom stereocenters. The number of hydrogen-bond acceptors (Lipinski definition) is 5. The smallest absolute Gasteiger partial charge is 0.246 e. The lowest BCUT2D eigenvalue weighted by atomic mass is 10.1. The van der Waals surface area contributed by atoms with Gasteiger partial charge < -0.3 is 14.4 Å². The molecule has 1 heterocycles. The van der Waals surface area contributed by atoms with Gasteiger partial charge in [0.1, 0.15) is 10.6 Å². The minimum Gasteiger partial charge on any atom is -0.495 e. The number of methoxy groups -OCH3 is 1. The molecular formula is C17H26N2O5S. The standard InChI is InChI=1S/C17H26N2O5S/c1-13(2)18(3)17(20)12-14-5-6-15(23-4)16(11-14)25(21,22)19-7-9-24-10-8-19/h5-6,11,13H,7-10,12H2,1-4H3. The van der Waals surface area contributed by atoms with E-state index >= 15 is 0 Å². The molecule has 0 unspecified atom stereocenters. The van der Waals surface area contributed by atoms with E-state index in [4.69, 9.17) is 9.47 Å². The second-order valence-electron chi connectivity index (χ2n) is 6.28. The lowest BCUT2D eigenvalue weighted by Gasteiger charge is -2.27. The molecule has 0 bridgehead atoms. The number of benzene rings is 1. The van der Waals surface area contributed by atoms with Crippen LogP contribution in [0.3, 0.4) is 0 Å². The highest BCUT2D eigenvalue weighted by Crippen LogP contribution is 2.28. The van der Waals surface area contributed by atoms with Crippen molar-refractivity contribution in [2.75, 3.05) is 40.5 Å². The summed E-state index contributed by atoms with van der Waals surface area (Å²) in [6, 6.07) is 4.95. The van der Waals surface area contributed by atoms with Crippen molar-refractivity contribution in [2.24, 2.45) is 0 Å². The molecular weight excluding hydrogens is 344 g/mol. The first-order valence-electron chi connectivity index (χ1n) is 8.28. The van der Waals surface area contributed by atoms with E-state index < -0.39 is 10.0 Å². The minimum absolute atomic E-state index is 0.0603. The predicted octanol–water partition coefficient (Wildman–Crippen LogP) is 1.13. The van der Waals surface area contributed by atoms with Gasteiger partial charge in [0.05, 0.1) is 26.7 Å². The molecule has 25 heavy (non-hydrogen) atoms. The highest BCUT2D eigenvalue weighted by atomic mass is 32.2. The van der Waals surface area contributed by atoms with E-state index in [9.17, 15) is 13.2 Å². The highest BCUT2D eigenvalue weighted by molar-refractivity contribution is 7.89. The maximum atomic E-state index is 12.9. The average Bonchev–Trinajstić information content (AvgIpc) is 2.61. The van der Waals surface area contributed by atoms with Crippen LogP contribution in [0.2, 0.25) is 0 Å². The Labute approximate surface area is 149 Å². The van der Waals surface area contributed by atoms with Crippen molar-refractivity contribution in [3.05, 3.63) is 23.8 Å². The van der Waals surface area contributed by atoms with E-state index in [1.807, 2.05) is 13.8 Å². The summed E-state index contributed by atoms with van der Waals surface area (Å²) in [5.41, 5.74) is 0.644. The van der Waals surface area contributed by atoms with Crippen molar-refractivity contribution in [3.8, 4) is 5.75 Å². The highest BCUT2D eigenvalue weighted by Gasteiger charge is 2.29. The number of likely N-dealkylation sites (N-methyl/N-ethyl adjacent to an activating group) is 1. The second kappa shape index (κ2) is 8.16. The molecule has 7 nitrogen and oxygen atoms in total. The zero-order valence-electron chi connectivity index (χ0n) is 15.2. The lowest BCUT2D eigenvalue weighted by molar-refractivity contribution is -0.130. The van der Waals surface area contributed by atoms with Gasteiger partial charge in [-0.25, -0.2) is 8.42 Å². The Morgan fingerprint density at radius 2 is 1.96 bits per heavy atom. The summed E-state index contributed by atoms with van der Waals surface area (Å²) in [4.78, 5) is 14.0. The molecule has 140 valence electrons. The van der Waals surface area contributed by atoms with Crippen molar-refractivity contribution in [1.82, 2.24) is 9.21 Å². The first-order valence-corrected chi connectivity index (χ1v) is 9.72. The average molecular weight is 370 g/mol. The number of nitrogens with zero attached hydrogens (tertiary/aromatic N) is 2. The zero-order valence-corrected chi connectivity index (χ0v) is 16.0. The van der Waals surface area contributed by atoms with Crippen molar-refractivity contribution in [1.29, 1.82) is 0 Å². The quantitative estimate of drug-likeness (QED) is 0.750. The van der Waals surface area contributed by atoms with E-state index in [1.54, 1.807) is 24.1 Å². The van der Waals surface area contributed by atoms with Crippen LogP contribution in [-0.2, 0) is 26.0 Å². The summed E-state index contributed by atoms with van der Waals surface area (Å²) in [6.45, 7) is 5.23. The van der Waals surface area contributed by atoms with E-state index in [2.05, 4.69) is 0 Å². The van der Waals surface area contributed by atoms with Crippen LogP contribution in [0.5, 0.6) is 5.75 Å². The third kappa shape index (κ3) is 4.50. The zero-order chi connectivity index (χ0) is 18.6. The van der Waals surface area contributed by atoms with E-state index in [1.165, 1.54) is 17.5 Å². The molecule has 1 amide bonds. The number of ether oxygens (including phenoxy) is 2. The Morgan fingerprint density at radius 1 is 1.32 bits per heavy atom. The van der Waals surface area contributed by atoms with E-state index in [-0.39, 0.29) is 29.0 Å². The maximum Gasteiger partial charge on any atom is 0.246 e. The third-order valence-electron chi connectivity index (χ3n) is 4.34. The molecule has 1 aromatic rings. The first-order chi connectivity index (χ1) is 11.8. The third-order valence-corrected chi connectivity index (χ3v) is 6.26. The molecule has 2 rings (SSSR count). The number of amides is 1. The molecule has 0 aromatic heterocycles. The number of carbonyl (C=O) groups is 1. The summed E-state index contributed by atoms with van der Waals surface area (Å²) >= 11 is 0. The first kappa shape index (κ1) is 19.7. The molecule has 1 aliphatic rings. The van der Waals surface area contributed by atoms with Crippen LogP contribution >= 0.6 is 0 Å². The van der Waals surface area contributed by atoms with Crippen LogP contribution in [0, 0.1) is 0 Å². The van der Waals surface area contributed by atoms with Gasteiger partial charge in [0.2, 0.25) is 15.9 Å².